The SMILES string of the molecule is CCc1nc(-c2ccc(OC)c(F)c2)nc2c1ccn2-c1cccc(OC(C)C(=O)NCC2CC2)c1. The predicted molar refractivity (Wildman–Crippen MR) is 136 cm³/mol. The van der Waals surface area contributed by atoms with E-state index in [-0.39, 0.29) is 11.7 Å². The number of carbonyl (C=O) groups is 1. The van der Waals surface area contributed by atoms with E-state index in [1.807, 2.05) is 48.0 Å². The topological polar surface area (TPSA) is 78.3 Å². The zero-order chi connectivity index (χ0) is 25.2. The smallest absolute Gasteiger partial charge is 0.260 e. The second-order valence-corrected chi connectivity index (χ2v) is 9.07. The van der Waals surface area contributed by atoms with E-state index in [9.17, 15) is 9.18 Å². The van der Waals surface area contributed by atoms with E-state index in [0.717, 1.165) is 16.8 Å². The van der Waals surface area contributed by atoms with Gasteiger partial charge in [0.15, 0.2) is 23.5 Å². The van der Waals surface area contributed by atoms with Gasteiger partial charge in [-0.3, -0.25) is 4.79 Å². The van der Waals surface area contributed by atoms with Crippen LogP contribution in [0.3, 0.4) is 0 Å². The van der Waals surface area contributed by atoms with Crippen molar-refractivity contribution in [3.8, 4) is 28.6 Å². The van der Waals surface area contributed by atoms with Crippen LogP contribution in [0.15, 0.2) is 54.7 Å². The largest absolute Gasteiger partial charge is 0.494 e. The van der Waals surface area contributed by atoms with E-state index in [1.165, 1.54) is 26.0 Å². The summed E-state index contributed by atoms with van der Waals surface area (Å²) in [6, 6.07) is 14.2. The number of benzene rings is 2. The maximum Gasteiger partial charge on any atom is 0.260 e. The van der Waals surface area contributed by atoms with Gasteiger partial charge in [0.2, 0.25) is 0 Å². The number of rotatable bonds is 9. The number of nitrogens with zero attached hydrogens (tertiary/aromatic N) is 3. The third-order valence-corrected chi connectivity index (χ3v) is 6.41. The molecule has 0 bridgehead atoms. The van der Waals surface area contributed by atoms with Crippen LogP contribution in [0.1, 0.15) is 32.4 Å². The molecular weight excluding hydrogens is 459 g/mol. The standard InChI is InChI=1S/C28H29FN4O3/c1-4-24-22-12-13-33(27(22)32-26(31-24)19-10-11-25(35-3)23(29)14-19)20-6-5-7-21(15-20)36-17(2)28(34)30-16-18-8-9-18/h5-7,10-15,17-18H,4,8-9,16H2,1-3H3,(H,30,34). The molecule has 1 amide bonds. The molecule has 1 N–H and O–H groups in total. The van der Waals surface area contributed by atoms with Gasteiger partial charge in [0, 0.05) is 29.8 Å². The summed E-state index contributed by atoms with van der Waals surface area (Å²) in [6.45, 7) is 4.49. The Labute approximate surface area is 209 Å². The molecule has 1 fully saturated rings. The van der Waals surface area contributed by atoms with Gasteiger partial charge in [-0.2, -0.15) is 0 Å². The first-order valence-electron chi connectivity index (χ1n) is 12.2. The van der Waals surface area contributed by atoms with Crippen LogP contribution in [0.25, 0.3) is 28.1 Å². The number of methoxy groups -OCH3 is 1. The van der Waals surface area contributed by atoms with Gasteiger partial charge in [-0.25, -0.2) is 14.4 Å². The Morgan fingerprint density at radius 1 is 1.19 bits per heavy atom. The Bertz CT molecular complexity index is 1410. The number of carbonyl (C=O) groups excluding carboxylic acids is 1. The minimum Gasteiger partial charge on any atom is -0.494 e. The third-order valence-electron chi connectivity index (χ3n) is 6.41. The normalized spacial score (nSPS) is 14.0. The molecular formula is C28H29FN4O3. The number of aromatic nitrogens is 3. The van der Waals surface area contributed by atoms with Crippen molar-refractivity contribution in [1.82, 2.24) is 19.9 Å². The Balaban J connectivity index is 1.46. The van der Waals surface area contributed by atoms with Crippen LogP contribution in [0.4, 0.5) is 4.39 Å². The highest BCUT2D eigenvalue weighted by Gasteiger charge is 2.23. The molecule has 4 aromatic rings. The molecule has 5 rings (SSSR count). The van der Waals surface area contributed by atoms with Crippen molar-refractivity contribution in [2.24, 2.45) is 5.92 Å². The van der Waals surface area contributed by atoms with E-state index in [1.54, 1.807) is 19.1 Å². The minimum absolute atomic E-state index is 0.115. The maximum absolute atomic E-state index is 14.4. The molecule has 0 aliphatic heterocycles. The Morgan fingerprint density at radius 2 is 2.03 bits per heavy atom. The fourth-order valence-electron chi connectivity index (χ4n) is 4.16. The molecule has 1 unspecified atom stereocenters. The molecule has 1 aliphatic rings. The third kappa shape index (κ3) is 4.89. The number of fused-ring (bicyclic) bond motifs is 1. The van der Waals surface area contributed by atoms with E-state index in [2.05, 4.69) is 5.32 Å². The first-order chi connectivity index (χ1) is 17.5. The van der Waals surface area contributed by atoms with Crippen LogP contribution < -0.4 is 14.8 Å². The van der Waals surface area contributed by atoms with Gasteiger partial charge in [-0.05, 0) is 68.5 Å². The number of halogens is 1. The first kappa shape index (κ1) is 23.8. The molecule has 0 saturated heterocycles. The fourth-order valence-corrected chi connectivity index (χ4v) is 4.16. The molecule has 1 saturated carbocycles. The minimum atomic E-state index is -0.606. The van der Waals surface area contributed by atoms with Crippen LogP contribution in [-0.4, -0.2) is 40.2 Å². The van der Waals surface area contributed by atoms with E-state index in [0.29, 0.717) is 41.7 Å². The highest BCUT2D eigenvalue weighted by molar-refractivity contribution is 5.83. The van der Waals surface area contributed by atoms with Crippen LogP contribution >= 0.6 is 0 Å². The second-order valence-electron chi connectivity index (χ2n) is 9.07. The number of hydrogen-bond donors (Lipinski definition) is 1. The van der Waals surface area contributed by atoms with Crippen LogP contribution in [0, 0.1) is 11.7 Å². The van der Waals surface area contributed by atoms with Gasteiger partial charge in [-0.15, -0.1) is 0 Å². The number of ether oxygens (including phenoxy) is 2. The van der Waals surface area contributed by atoms with Crippen molar-refractivity contribution in [2.75, 3.05) is 13.7 Å². The molecule has 36 heavy (non-hydrogen) atoms. The highest BCUT2D eigenvalue weighted by Crippen LogP contribution is 2.29. The highest BCUT2D eigenvalue weighted by atomic mass is 19.1. The average Bonchev–Trinajstić information content (AvgIpc) is 3.63. The molecule has 1 aliphatic carbocycles. The van der Waals surface area contributed by atoms with Gasteiger partial charge in [0.05, 0.1) is 18.5 Å². The van der Waals surface area contributed by atoms with E-state index in [4.69, 9.17) is 19.4 Å². The van der Waals surface area contributed by atoms with Gasteiger partial charge in [0.1, 0.15) is 11.4 Å². The summed E-state index contributed by atoms with van der Waals surface area (Å²) < 4.78 is 27.3. The van der Waals surface area contributed by atoms with Gasteiger partial charge in [0.25, 0.3) is 5.91 Å². The monoisotopic (exact) mass is 488 g/mol. The van der Waals surface area contributed by atoms with Gasteiger partial charge >= 0.3 is 0 Å². The summed E-state index contributed by atoms with van der Waals surface area (Å²) in [5, 5.41) is 3.88. The lowest BCUT2D eigenvalue weighted by molar-refractivity contribution is -0.127. The Kier molecular flexibility index (Phi) is 6.59. The predicted octanol–water partition coefficient (Wildman–Crippen LogP) is 5.09. The summed E-state index contributed by atoms with van der Waals surface area (Å²) in [7, 11) is 1.43. The second kappa shape index (κ2) is 9.97. The molecule has 0 radical (unpaired) electrons. The average molecular weight is 489 g/mol. The molecule has 0 spiro atoms. The molecule has 2 heterocycles. The summed E-state index contributed by atoms with van der Waals surface area (Å²) in [5.41, 5.74) is 2.99. The van der Waals surface area contributed by atoms with Crippen LogP contribution in [0.2, 0.25) is 0 Å². The summed E-state index contributed by atoms with van der Waals surface area (Å²) >= 11 is 0. The van der Waals surface area contributed by atoms with Crippen molar-refractivity contribution < 1.29 is 18.7 Å². The van der Waals surface area contributed by atoms with Crippen molar-refractivity contribution in [3.63, 3.8) is 0 Å². The number of aryl methyl sites for hydroxylation is 1. The Morgan fingerprint density at radius 3 is 2.75 bits per heavy atom. The van der Waals surface area contributed by atoms with Gasteiger partial charge < -0.3 is 19.4 Å². The van der Waals surface area contributed by atoms with Crippen LogP contribution in [0.5, 0.6) is 11.5 Å². The molecule has 8 heteroatoms. The fraction of sp³-hybridized carbons (Fsp3) is 0.321. The zero-order valence-electron chi connectivity index (χ0n) is 20.6. The number of hydrogen-bond acceptors (Lipinski definition) is 5. The molecule has 2 aromatic heterocycles. The zero-order valence-corrected chi connectivity index (χ0v) is 20.6. The summed E-state index contributed by atoms with van der Waals surface area (Å²) in [5.74, 6) is 1.23. The molecule has 1 atom stereocenters. The summed E-state index contributed by atoms with van der Waals surface area (Å²) in [4.78, 5) is 21.9. The number of nitrogens with one attached hydrogen (secondary N) is 1. The van der Waals surface area contributed by atoms with Crippen LogP contribution in [-0.2, 0) is 11.2 Å². The molecule has 2 aromatic carbocycles. The molecule has 7 nitrogen and oxygen atoms in total. The quantitative estimate of drug-likeness (QED) is 0.355. The van der Waals surface area contributed by atoms with E-state index < -0.39 is 11.9 Å². The van der Waals surface area contributed by atoms with Crippen molar-refractivity contribution in [2.45, 2.75) is 39.2 Å². The first-order valence-corrected chi connectivity index (χ1v) is 12.2. The van der Waals surface area contributed by atoms with Crippen molar-refractivity contribution in [1.29, 1.82) is 0 Å². The van der Waals surface area contributed by atoms with Crippen molar-refractivity contribution in [3.05, 3.63) is 66.2 Å². The number of amides is 1. The van der Waals surface area contributed by atoms with Crippen molar-refractivity contribution >= 4 is 16.9 Å². The Hall–Kier alpha value is -3.94. The lowest BCUT2D eigenvalue weighted by Gasteiger charge is -2.16. The van der Waals surface area contributed by atoms with Gasteiger partial charge in [-0.1, -0.05) is 13.0 Å². The molecule has 186 valence electrons. The lowest BCUT2D eigenvalue weighted by Crippen LogP contribution is -2.37. The summed E-state index contributed by atoms with van der Waals surface area (Å²) in [6.07, 6.45) is 4.39. The van der Waals surface area contributed by atoms with E-state index >= 15 is 0 Å². The maximum atomic E-state index is 14.4. The lowest BCUT2D eigenvalue weighted by atomic mass is 10.1.